The summed E-state index contributed by atoms with van der Waals surface area (Å²) in [6.45, 7) is 4.96. The van der Waals surface area contributed by atoms with Crippen molar-refractivity contribution in [3.8, 4) is 0 Å². The first-order valence-corrected chi connectivity index (χ1v) is 4.18. The summed E-state index contributed by atoms with van der Waals surface area (Å²) < 4.78 is 0. The van der Waals surface area contributed by atoms with Crippen molar-refractivity contribution in [3.05, 3.63) is 10.1 Å². The molecule has 0 rings (SSSR count). The Morgan fingerprint density at radius 1 is 1.71 bits per heavy atom. The monoisotopic (exact) mass is 206 g/mol. The molecular weight excluding hydrogens is 192 g/mol. The molecule has 7 heteroatoms. The fraction of sp³-hybridized carbons (Fsp3) is 0.857. The molecule has 7 nitrogen and oxygen atoms in total. The number of carboxylic acids is 1. The number of rotatable bonds is 6. The number of carboxylic acid groups (broad SMARTS) is 1. The Labute approximate surface area is 81.2 Å². The fourth-order valence-corrected chi connectivity index (χ4v) is 1.08. The highest BCUT2D eigenvalue weighted by Gasteiger charge is 2.45. The van der Waals surface area contributed by atoms with E-state index in [0.717, 1.165) is 0 Å². The van der Waals surface area contributed by atoms with Gasteiger partial charge in [-0.3, -0.25) is 10.2 Å². The summed E-state index contributed by atoms with van der Waals surface area (Å²) in [5.74, 6) is -1.96. The molecule has 0 heterocycles. The summed E-state index contributed by atoms with van der Waals surface area (Å²) in [4.78, 5) is 25.3. The molecule has 0 bridgehead atoms. The van der Waals surface area contributed by atoms with Gasteiger partial charge in [0.15, 0.2) is 0 Å². The molecule has 0 spiro atoms. The summed E-state index contributed by atoms with van der Waals surface area (Å²) in [5, 5.41) is 20.4. The maximum atomic E-state index is 10.9. The average molecular weight is 206 g/mol. The molecule has 0 amide bonds. The highest BCUT2D eigenvalue weighted by Crippen LogP contribution is 2.19. The predicted molar refractivity (Wildman–Crippen MR) is 47.0 cm³/mol. The lowest BCUT2D eigenvalue weighted by Gasteiger charge is -2.30. The number of carbonyl (C=O) groups is 1. The van der Waals surface area contributed by atoms with Crippen molar-refractivity contribution in [3.63, 3.8) is 0 Å². The van der Waals surface area contributed by atoms with Gasteiger partial charge in [0.1, 0.15) is 0 Å². The van der Waals surface area contributed by atoms with E-state index in [1.54, 1.807) is 6.92 Å². The van der Waals surface area contributed by atoms with Crippen molar-refractivity contribution >= 4 is 5.97 Å². The first kappa shape index (κ1) is 12.6. The van der Waals surface area contributed by atoms with Crippen LogP contribution in [0.3, 0.4) is 0 Å². The van der Waals surface area contributed by atoms with Gasteiger partial charge in [-0.2, -0.15) is 0 Å². The summed E-state index contributed by atoms with van der Waals surface area (Å²) in [6.07, 6.45) is 0. The molecule has 0 aliphatic rings. The van der Waals surface area contributed by atoms with Gasteiger partial charge >= 0.3 is 5.97 Å². The molecule has 1 atom stereocenters. The zero-order chi connectivity index (χ0) is 11.4. The third kappa shape index (κ3) is 2.56. The highest BCUT2D eigenvalue weighted by molar-refractivity contribution is 5.77. The van der Waals surface area contributed by atoms with Crippen LogP contribution in [0.2, 0.25) is 0 Å². The average Bonchev–Trinajstić information content (AvgIpc) is 2.01. The van der Waals surface area contributed by atoms with E-state index in [9.17, 15) is 14.9 Å². The minimum Gasteiger partial charge on any atom is -0.478 e. The minimum absolute atomic E-state index is 0.262. The summed E-state index contributed by atoms with van der Waals surface area (Å²) >= 11 is 0. The van der Waals surface area contributed by atoms with Crippen molar-refractivity contribution in [2.24, 2.45) is 5.92 Å². The van der Waals surface area contributed by atoms with Gasteiger partial charge in [0.2, 0.25) is 0 Å². The van der Waals surface area contributed by atoms with Crippen molar-refractivity contribution in [2.45, 2.75) is 26.5 Å². The van der Waals surface area contributed by atoms with E-state index in [-0.39, 0.29) is 6.54 Å². The molecule has 0 fully saturated rings. The van der Waals surface area contributed by atoms with E-state index in [0.29, 0.717) is 0 Å². The Morgan fingerprint density at radius 3 is 2.43 bits per heavy atom. The number of aliphatic carboxylic acids is 1. The van der Waals surface area contributed by atoms with E-state index >= 15 is 0 Å². The van der Waals surface area contributed by atoms with Crippen molar-refractivity contribution in [1.29, 1.82) is 0 Å². The van der Waals surface area contributed by atoms with Gasteiger partial charge in [-0.25, -0.2) is 4.79 Å². The van der Waals surface area contributed by atoms with Gasteiger partial charge < -0.3 is 5.11 Å². The van der Waals surface area contributed by atoms with Crippen molar-refractivity contribution < 1.29 is 19.8 Å². The molecule has 1 unspecified atom stereocenters. The van der Waals surface area contributed by atoms with E-state index in [1.807, 2.05) is 0 Å². The minimum atomic E-state index is -1.96. The molecule has 0 aliphatic carbocycles. The summed E-state index contributed by atoms with van der Waals surface area (Å²) in [5.41, 5.74) is -1.96. The smallest absolute Gasteiger partial charge is 0.351 e. The van der Waals surface area contributed by atoms with Gasteiger partial charge in [-0.1, -0.05) is 20.8 Å². The zero-order valence-corrected chi connectivity index (χ0v) is 8.31. The maximum absolute atomic E-state index is 10.9. The fourth-order valence-electron chi connectivity index (χ4n) is 1.08. The second-order valence-corrected chi connectivity index (χ2v) is 3.04. The maximum Gasteiger partial charge on any atom is 0.351 e. The van der Waals surface area contributed by atoms with Crippen LogP contribution in [0.15, 0.2) is 0 Å². The quantitative estimate of drug-likeness (QED) is 0.366. The molecule has 0 aromatic heterocycles. The number of nitrogens with zero attached hydrogens (tertiary/aromatic N) is 1. The van der Waals surface area contributed by atoms with E-state index < -0.39 is 22.7 Å². The van der Waals surface area contributed by atoms with E-state index in [4.69, 9.17) is 5.11 Å². The third-order valence-corrected chi connectivity index (χ3v) is 1.79. The SMILES string of the molecule is CCNC(O[N+](=O)[O-])(C(=O)O)C(C)C. The summed E-state index contributed by atoms with van der Waals surface area (Å²) in [7, 11) is 0. The Morgan fingerprint density at radius 2 is 2.21 bits per heavy atom. The molecule has 0 aromatic carbocycles. The van der Waals surface area contributed by atoms with Gasteiger partial charge in [0.05, 0.1) is 0 Å². The number of likely N-dealkylation sites (N-methyl/N-ethyl adjacent to an activating group) is 1. The van der Waals surface area contributed by atoms with Crippen LogP contribution in [0.1, 0.15) is 20.8 Å². The highest BCUT2D eigenvalue weighted by atomic mass is 17.0. The van der Waals surface area contributed by atoms with Crippen LogP contribution >= 0.6 is 0 Å². The third-order valence-electron chi connectivity index (χ3n) is 1.79. The Balaban J connectivity index is 4.93. The van der Waals surface area contributed by atoms with Gasteiger partial charge in [-0.15, -0.1) is 10.1 Å². The van der Waals surface area contributed by atoms with Crippen LogP contribution in [-0.4, -0.2) is 28.4 Å². The Kier molecular flexibility index (Phi) is 4.29. The molecule has 2 N–H and O–H groups in total. The van der Waals surface area contributed by atoms with Crippen LogP contribution in [0.5, 0.6) is 0 Å². The molecule has 0 radical (unpaired) electrons. The predicted octanol–water partition coefficient (Wildman–Crippen LogP) is 0.241. The summed E-state index contributed by atoms with van der Waals surface area (Å²) in [6, 6.07) is 0. The number of hydrogen-bond acceptors (Lipinski definition) is 5. The van der Waals surface area contributed by atoms with Gasteiger partial charge in [-0.05, 0) is 6.54 Å². The second kappa shape index (κ2) is 4.75. The second-order valence-electron chi connectivity index (χ2n) is 3.04. The largest absolute Gasteiger partial charge is 0.478 e. The van der Waals surface area contributed by atoms with Gasteiger partial charge in [0.25, 0.3) is 10.8 Å². The molecule has 82 valence electrons. The van der Waals surface area contributed by atoms with E-state index in [2.05, 4.69) is 10.2 Å². The van der Waals surface area contributed by atoms with Crippen LogP contribution in [0.25, 0.3) is 0 Å². The van der Waals surface area contributed by atoms with Crippen molar-refractivity contribution in [2.75, 3.05) is 6.54 Å². The number of nitrogens with one attached hydrogen (secondary N) is 1. The number of hydrogen-bond donors (Lipinski definition) is 2. The van der Waals surface area contributed by atoms with Crippen LogP contribution < -0.4 is 5.32 Å². The molecule has 0 saturated carbocycles. The first-order chi connectivity index (χ1) is 6.36. The normalized spacial score (nSPS) is 14.9. The lowest BCUT2D eigenvalue weighted by Crippen LogP contribution is -2.59. The van der Waals surface area contributed by atoms with Crippen LogP contribution in [0, 0.1) is 16.0 Å². The Hall–Kier alpha value is -1.37. The van der Waals surface area contributed by atoms with Gasteiger partial charge in [0, 0.05) is 5.92 Å². The lowest BCUT2D eigenvalue weighted by atomic mass is 10.00. The molecule has 0 aliphatic heterocycles. The van der Waals surface area contributed by atoms with E-state index in [1.165, 1.54) is 13.8 Å². The molecular formula is C7H14N2O5. The standard InChI is InChI=1S/C7H14N2O5/c1-4-8-7(5(2)3,6(10)11)14-9(12)13/h5,8H,4H2,1-3H3,(H,10,11). The van der Waals surface area contributed by atoms with Crippen LogP contribution in [0.4, 0.5) is 0 Å². The first-order valence-electron chi connectivity index (χ1n) is 4.18. The zero-order valence-electron chi connectivity index (χ0n) is 8.31. The molecule has 0 aromatic rings. The topological polar surface area (TPSA) is 102 Å². The molecule has 14 heavy (non-hydrogen) atoms. The Bertz CT molecular complexity index is 230. The van der Waals surface area contributed by atoms with Crippen LogP contribution in [-0.2, 0) is 9.63 Å². The lowest BCUT2D eigenvalue weighted by molar-refractivity contribution is -0.780. The molecule has 0 saturated heterocycles. The van der Waals surface area contributed by atoms with Crippen molar-refractivity contribution in [1.82, 2.24) is 5.32 Å².